The number of aryl methyl sites for hydroxylation is 1. The average Bonchev–Trinajstić information content (AvgIpc) is 3.24. The predicted octanol–water partition coefficient (Wildman–Crippen LogP) is 6.13. The molecule has 0 bridgehead atoms. The number of ether oxygens (including phenoxy) is 1. The fourth-order valence-electron chi connectivity index (χ4n) is 3.88. The largest absolute Gasteiger partial charge is 0.464 e. The number of rotatable bonds is 5. The van der Waals surface area contributed by atoms with E-state index in [0.29, 0.717) is 17.0 Å². The van der Waals surface area contributed by atoms with Crippen LogP contribution in [0, 0.1) is 18.3 Å². The Balaban J connectivity index is 1.34. The van der Waals surface area contributed by atoms with Crippen LogP contribution in [0.2, 0.25) is 0 Å². The molecule has 0 aliphatic carbocycles. The SMILES string of the molecule is Cc1cc(Oc2ncccc2C#N)ccc1NC(=O)Cc1coc2ccc3ccccc3c12. The minimum Gasteiger partial charge on any atom is -0.464 e. The Labute approximate surface area is 190 Å². The zero-order valence-electron chi connectivity index (χ0n) is 17.8. The number of anilines is 1. The normalized spacial score (nSPS) is 10.8. The number of furan rings is 1. The maximum atomic E-state index is 12.8. The lowest BCUT2D eigenvalue weighted by Crippen LogP contribution is -2.15. The maximum absolute atomic E-state index is 12.8. The van der Waals surface area contributed by atoms with Crippen LogP contribution in [0.15, 0.2) is 83.6 Å². The summed E-state index contributed by atoms with van der Waals surface area (Å²) in [6.45, 7) is 1.88. The number of carbonyl (C=O) groups excluding carboxylic acids is 1. The van der Waals surface area contributed by atoms with Gasteiger partial charge in [0.2, 0.25) is 11.8 Å². The summed E-state index contributed by atoms with van der Waals surface area (Å²) >= 11 is 0. The first kappa shape index (κ1) is 20.3. The van der Waals surface area contributed by atoms with E-state index < -0.39 is 0 Å². The summed E-state index contributed by atoms with van der Waals surface area (Å²) in [6.07, 6.45) is 3.42. The highest BCUT2D eigenvalue weighted by Crippen LogP contribution is 2.31. The molecule has 33 heavy (non-hydrogen) atoms. The molecule has 0 aliphatic heterocycles. The molecule has 6 nitrogen and oxygen atoms in total. The molecule has 3 aromatic carbocycles. The number of hydrogen-bond donors (Lipinski definition) is 1. The van der Waals surface area contributed by atoms with Crippen LogP contribution >= 0.6 is 0 Å². The average molecular weight is 433 g/mol. The third kappa shape index (κ3) is 4.00. The fraction of sp³-hybridized carbons (Fsp3) is 0.0741. The lowest BCUT2D eigenvalue weighted by molar-refractivity contribution is -0.115. The summed E-state index contributed by atoms with van der Waals surface area (Å²) in [5, 5.41) is 15.3. The number of nitriles is 1. The number of carbonyl (C=O) groups is 1. The molecule has 0 atom stereocenters. The lowest BCUT2D eigenvalue weighted by atomic mass is 10.0. The van der Waals surface area contributed by atoms with E-state index in [1.165, 1.54) is 0 Å². The van der Waals surface area contributed by atoms with Crippen LogP contribution in [0.3, 0.4) is 0 Å². The zero-order valence-corrected chi connectivity index (χ0v) is 17.8. The highest BCUT2D eigenvalue weighted by Gasteiger charge is 2.14. The van der Waals surface area contributed by atoms with E-state index in [4.69, 9.17) is 9.15 Å². The highest BCUT2D eigenvalue weighted by atomic mass is 16.5. The molecule has 0 fully saturated rings. The van der Waals surface area contributed by atoms with E-state index in [0.717, 1.165) is 32.9 Å². The minimum atomic E-state index is -0.140. The van der Waals surface area contributed by atoms with Crippen molar-refractivity contribution in [3.05, 3.63) is 95.9 Å². The van der Waals surface area contributed by atoms with Gasteiger partial charge in [-0.25, -0.2) is 4.98 Å². The van der Waals surface area contributed by atoms with Gasteiger partial charge in [-0.2, -0.15) is 5.26 Å². The molecule has 1 N–H and O–H groups in total. The van der Waals surface area contributed by atoms with Crippen LogP contribution in [0.1, 0.15) is 16.7 Å². The van der Waals surface area contributed by atoms with Crippen molar-refractivity contribution in [2.45, 2.75) is 13.3 Å². The number of nitrogens with one attached hydrogen (secondary N) is 1. The van der Waals surface area contributed by atoms with Crippen molar-refractivity contribution < 1.29 is 13.9 Å². The van der Waals surface area contributed by atoms with Crippen molar-refractivity contribution in [3.63, 3.8) is 0 Å². The summed E-state index contributed by atoms with van der Waals surface area (Å²) in [7, 11) is 0. The topological polar surface area (TPSA) is 88.1 Å². The summed E-state index contributed by atoms with van der Waals surface area (Å²) in [4.78, 5) is 17.0. The monoisotopic (exact) mass is 433 g/mol. The maximum Gasteiger partial charge on any atom is 0.237 e. The third-order valence-electron chi connectivity index (χ3n) is 5.47. The number of pyridine rings is 1. The smallest absolute Gasteiger partial charge is 0.237 e. The zero-order chi connectivity index (χ0) is 22.8. The van der Waals surface area contributed by atoms with Crippen LogP contribution in [-0.2, 0) is 11.2 Å². The third-order valence-corrected chi connectivity index (χ3v) is 5.47. The van der Waals surface area contributed by atoms with Crippen molar-refractivity contribution in [1.29, 1.82) is 5.26 Å². The first-order valence-electron chi connectivity index (χ1n) is 10.4. The Morgan fingerprint density at radius 1 is 1.12 bits per heavy atom. The van der Waals surface area contributed by atoms with Gasteiger partial charge in [0.15, 0.2) is 0 Å². The van der Waals surface area contributed by atoms with Gasteiger partial charge in [-0.05, 0) is 59.7 Å². The Kier molecular flexibility index (Phi) is 5.21. The first-order chi connectivity index (χ1) is 16.1. The molecule has 5 aromatic rings. The number of hydrogen-bond acceptors (Lipinski definition) is 5. The Morgan fingerprint density at radius 2 is 2.00 bits per heavy atom. The van der Waals surface area contributed by atoms with E-state index in [1.807, 2.05) is 43.3 Å². The molecule has 6 heteroatoms. The number of amides is 1. The van der Waals surface area contributed by atoms with Gasteiger partial charge in [-0.1, -0.05) is 30.3 Å². The second kappa shape index (κ2) is 8.48. The van der Waals surface area contributed by atoms with Gasteiger partial charge in [0.25, 0.3) is 0 Å². The summed E-state index contributed by atoms with van der Waals surface area (Å²) in [6, 6.07) is 22.7. The molecule has 2 heterocycles. The quantitative estimate of drug-likeness (QED) is 0.360. The molecule has 0 unspecified atom stereocenters. The van der Waals surface area contributed by atoms with Crippen LogP contribution < -0.4 is 10.1 Å². The standard InChI is InChI=1S/C27H19N3O3/c1-17-13-21(33-27-19(15-28)6-4-12-29-27)9-10-23(17)30-25(31)14-20-16-32-24-11-8-18-5-2-3-7-22(18)26(20)24/h2-13,16H,14H2,1H3,(H,30,31). The van der Waals surface area contributed by atoms with Gasteiger partial charge < -0.3 is 14.5 Å². The molecule has 0 spiro atoms. The molecular formula is C27H19N3O3. The molecule has 1 amide bonds. The highest BCUT2D eigenvalue weighted by molar-refractivity contribution is 6.09. The van der Waals surface area contributed by atoms with E-state index in [1.54, 1.807) is 42.8 Å². The Morgan fingerprint density at radius 3 is 2.85 bits per heavy atom. The minimum absolute atomic E-state index is 0.140. The lowest BCUT2D eigenvalue weighted by Gasteiger charge is -2.11. The van der Waals surface area contributed by atoms with Crippen molar-refractivity contribution in [3.8, 4) is 17.7 Å². The Bertz CT molecular complexity index is 1550. The first-order valence-corrected chi connectivity index (χ1v) is 10.4. The predicted molar refractivity (Wildman–Crippen MR) is 126 cm³/mol. The van der Waals surface area contributed by atoms with Crippen LogP contribution in [-0.4, -0.2) is 10.9 Å². The fourth-order valence-corrected chi connectivity index (χ4v) is 3.88. The Hall–Kier alpha value is -4.63. The number of aromatic nitrogens is 1. The van der Waals surface area contributed by atoms with Gasteiger partial charge in [0, 0.05) is 22.8 Å². The van der Waals surface area contributed by atoms with Crippen molar-refractivity contribution >= 4 is 33.3 Å². The van der Waals surface area contributed by atoms with Crippen molar-refractivity contribution in [1.82, 2.24) is 4.98 Å². The molecular weight excluding hydrogens is 414 g/mol. The molecule has 0 radical (unpaired) electrons. The van der Waals surface area contributed by atoms with Gasteiger partial charge in [-0.15, -0.1) is 0 Å². The van der Waals surface area contributed by atoms with Gasteiger partial charge >= 0.3 is 0 Å². The summed E-state index contributed by atoms with van der Waals surface area (Å²) < 4.78 is 11.5. The van der Waals surface area contributed by atoms with Crippen LogP contribution in [0.5, 0.6) is 11.6 Å². The van der Waals surface area contributed by atoms with Crippen molar-refractivity contribution in [2.75, 3.05) is 5.32 Å². The molecule has 5 rings (SSSR count). The molecule has 0 aliphatic rings. The molecule has 160 valence electrons. The molecule has 0 saturated heterocycles. The van der Waals surface area contributed by atoms with E-state index in [-0.39, 0.29) is 18.2 Å². The van der Waals surface area contributed by atoms with E-state index in [2.05, 4.69) is 16.4 Å². The van der Waals surface area contributed by atoms with Gasteiger partial charge in [0.05, 0.1) is 12.7 Å². The summed E-state index contributed by atoms with van der Waals surface area (Å²) in [5.74, 6) is 0.641. The summed E-state index contributed by atoms with van der Waals surface area (Å²) in [5.41, 5.74) is 3.48. The van der Waals surface area contributed by atoms with Crippen LogP contribution in [0.4, 0.5) is 5.69 Å². The number of nitrogens with zero attached hydrogens (tertiary/aromatic N) is 2. The molecule has 0 saturated carbocycles. The van der Waals surface area contributed by atoms with Gasteiger partial charge in [0.1, 0.15) is 23.0 Å². The van der Waals surface area contributed by atoms with E-state index >= 15 is 0 Å². The van der Waals surface area contributed by atoms with Crippen molar-refractivity contribution in [2.24, 2.45) is 0 Å². The second-order valence-corrected chi connectivity index (χ2v) is 7.69. The van der Waals surface area contributed by atoms with Gasteiger partial charge in [-0.3, -0.25) is 4.79 Å². The van der Waals surface area contributed by atoms with E-state index in [9.17, 15) is 10.1 Å². The number of benzene rings is 3. The van der Waals surface area contributed by atoms with Crippen LogP contribution in [0.25, 0.3) is 21.7 Å². The number of fused-ring (bicyclic) bond motifs is 3. The molecule has 2 aromatic heterocycles. The second-order valence-electron chi connectivity index (χ2n) is 7.69.